The quantitative estimate of drug-likeness (QED) is 0.508. The summed E-state index contributed by atoms with van der Waals surface area (Å²) in [5.74, 6) is 1.91. The van der Waals surface area contributed by atoms with Crippen LogP contribution in [0, 0.1) is 0 Å². The Morgan fingerprint density at radius 2 is 1.91 bits per heavy atom. The summed E-state index contributed by atoms with van der Waals surface area (Å²) in [6.07, 6.45) is 2.56. The predicted molar refractivity (Wildman–Crippen MR) is 128 cm³/mol. The molecule has 0 aliphatic carbocycles. The zero-order valence-corrected chi connectivity index (χ0v) is 19.6. The van der Waals surface area contributed by atoms with E-state index < -0.39 is 10.0 Å². The number of rotatable bonds is 8. The highest BCUT2D eigenvalue weighted by molar-refractivity contribution is 7.89. The molecule has 2 aliphatic rings. The highest BCUT2D eigenvalue weighted by Crippen LogP contribution is 2.30. The van der Waals surface area contributed by atoms with Crippen molar-refractivity contribution in [3.8, 4) is 5.75 Å². The van der Waals surface area contributed by atoms with Gasteiger partial charge in [0.25, 0.3) is 0 Å². The third kappa shape index (κ3) is 4.61. The molecule has 5 rings (SSSR count). The Morgan fingerprint density at radius 1 is 1.06 bits per heavy atom. The van der Waals surface area contributed by atoms with E-state index >= 15 is 0 Å². The van der Waals surface area contributed by atoms with Crippen molar-refractivity contribution in [1.82, 2.24) is 14.0 Å². The summed E-state index contributed by atoms with van der Waals surface area (Å²) in [7, 11) is -3.47. The first-order valence-electron chi connectivity index (χ1n) is 11.2. The molecule has 1 aromatic heterocycles. The number of benzene rings is 2. The first-order chi connectivity index (χ1) is 15.6. The van der Waals surface area contributed by atoms with E-state index in [0.29, 0.717) is 18.0 Å². The van der Waals surface area contributed by atoms with E-state index in [-0.39, 0.29) is 0 Å². The SMILES string of the molecule is O=S(=O)(NCCCCN1CCN(c2nsc3ccccc23)CC1)c1ccc2c(c1)CCO2. The van der Waals surface area contributed by atoms with Crippen molar-refractivity contribution < 1.29 is 13.2 Å². The number of ether oxygens (including phenoxy) is 1. The molecule has 0 spiro atoms. The lowest BCUT2D eigenvalue weighted by Crippen LogP contribution is -2.46. The molecular weight excluding hydrogens is 444 g/mol. The van der Waals surface area contributed by atoms with Crippen molar-refractivity contribution in [2.75, 3.05) is 50.8 Å². The zero-order chi connectivity index (χ0) is 22.0. The van der Waals surface area contributed by atoms with Crippen molar-refractivity contribution in [2.45, 2.75) is 24.2 Å². The van der Waals surface area contributed by atoms with Crippen LogP contribution in [0.1, 0.15) is 18.4 Å². The van der Waals surface area contributed by atoms with E-state index in [1.165, 1.54) is 10.1 Å². The number of hydrogen-bond donors (Lipinski definition) is 1. The van der Waals surface area contributed by atoms with Crippen molar-refractivity contribution in [3.63, 3.8) is 0 Å². The van der Waals surface area contributed by atoms with Crippen LogP contribution in [0.15, 0.2) is 47.4 Å². The van der Waals surface area contributed by atoms with Gasteiger partial charge in [-0.3, -0.25) is 4.90 Å². The van der Waals surface area contributed by atoms with Gasteiger partial charge in [0.15, 0.2) is 0 Å². The first-order valence-corrected chi connectivity index (χ1v) is 13.4. The van der Waals surface area contributed by atoms with Crippen LogP contribution in [-0.4, -0.2) is 63.6 Å². The van der Waals surface area contributed by atoms with Gasteiger partial charge in [-0.1, -0.05) is 12.1 Å². The number of nitrogens with zero attached hydrogens (tertiary/aromatic N) is 3. The number of aromatic nitrogens is 1. The average Bonchev–Trinajstić information content (AvgIpc) is 3.46. The van der Waals surface area contributed by atoms with E-state index in [4.69, 9.17) is 4.74 Å². The van der Waals surface area contributed by atoms with Crippen LogP contribution in [0.25, 0.3) is 10.1 Å². The van der Waals surface area contributed by atoms with Gasteiger partial charge in [0.2, 0.25) is 10.0 Å². The molecular formula is C23H28N4O3S2. The van der Waals surface area contributed by atoms with Gasteiger partial charge in [-0.25, -0.2) is 13.1 Å². The van der Waals surface area contributed by atoms with Crippen molar-refractivity contribution in [2.24, 2.45) is 0 Å². The number of piperazine rings is 1. The molecule has 0 unspecified atom stereocenters. The molecule has 7 nitrogen and oxygen atoms in total. The number of sulfonamides is 1. The summed E-state index contributed by atoms with van der Waals surface area (Å²) in [5.41, 5.74) is 0.970. The van der Waals surface area contributed by atoms with Gasteiger partial charge in [0.1, 0.15) is 11.6 Å². The van der Waals surface area contributed by atoms with Gasteiger partial charge in [0, 0.05) is 44.5 Å². The molecule has 0 radical (unpaired) electrons. The molecule has 9 heteroatoms. The number of hydrogen-bond acceptors (Lipinski definition) is 7. The van der Waals surface area contributed by atoms with Gasteiger partial charge >= 0.3 is 0 Å². The second-order valence-corrected chi connectivity index (χ2v) is 10.9. The fraction of sp³-hybridized carbons (Fsp3) is 0.435. The summed E-state index contributed by atoms with van der Waals surface area (Å²) in [5, 5.41) is 1.24. The van der Waals surface area contributed by atoms with E-state index in [1.54, 1.807) is 29.7 Å². The van der Waals surface area contributed by atoms with Crippen LogP contribution >= 0.6 is 11.5 Å². The number of anilines is 1. The topological polar surface area (TPSA) is 74.8 Å². The normalized spacial score (nSPS) is 16.9. The maximum absolute atomic E-state index is 12.6. The summed E-state index contributed by atoms with van der Waals surface area (Å²) < 4.78 is 39.2. The van der Waals surface area contributed by atoms with Crippen molar-refractivity contribution in [3.05, 3.63) is 48.0 Å². The molecule has 1 saturated heterocycles. The van der Waals surface area contributed by atoms with Crippen LogP contribution < -0.4 is 14.4 Å². The van der Waals surface area contributed by atoms with E-state index in [0.717, 1.165) is 69.1 Å². The monoisotopic (exact) mass is 472 g/mol. The van der Waals surface area contributed by atoms with Gasteiger partial charge in [-0.05, 0) is 66.8 Å². The lowest BCUT2D eigenvalue weighted by Gasteiger charge is -2.35. The Morgan fingerprint density at radius 3 is 2.78 bits per heavy atom. The minimum Gasteiger partial charge on any atom is -0.493 e. The molecule has 2 aliphatic heterocycles. The summed E-state index contributed by atoms with van der Waals surface area (Å²) in [4.78, 5) is 5.16. The third-order valence-electron chi connectivity index (χ3n) is 6.19. The Bertz CT molecular complexity index is 1190. The number of unbranched alkanes of at least 4 members (excludes halogenated alkanes) is 1. The Labute approximate surface area is 193 Å². The summed E-state index contributed by atoms with van der Waals surface area (Å²) in [6.45, 7) is 6.04. The largest absolute Gasteiger partial charge is 0.493 e. The predicted octanol–water partition coefficient (Wildman–Crippen LogP) is 3.11. The lowest BCUT2D eigenvalue weighted by molar-refractivity contribution is 0.253. The van der Waals surface area contributed by atoms with Gasteiger partial charge in [-0.2, -0.15) is 4.37 Å². The van der Waals surface area contributed by atoms with Gasteiger partial charge in [-0.15, -0.1) is 0 Å². The molecule has 0 bridgehead atoms. The third-order valence-corrected chi connectivity index (χ3v) is 8.47. The van der Waals surface area contributed by atoms with E-state index in [9.17, 15) is 8.42 Å². The molecule has 170 valence electrons. The lowest BCUT2D eigenvalue weighted by atomic mass is 10.2. The van der Waals surface area contributed by atoms with Crippen molar-refractivity contribution >= 4 is 37.5 Å². The molecule has 2 aromatic carbocycles. The minimum absolute atomic E-state index is 0.326. The second kappa shape index (κ2) is 9.35. The van der Waals surface area contributed by atoms with Crippen LogP contribution in [0.2, 0.25) is 0 Å². The maximum Gasteiger partial charge on any atom is 0.240 e. The smallest absolute Gasteiger partial charge is 0.240 e. The Balaban J connectivity index is 1.04. The average molecular weight is 473 g/mol. The van der Waals surface area contributed by atoms with Crippen LogP contribution in [0.3, 0.4) is 0 Å². The zero-order valence-electron chi connectivity index (χ0n) is 18.0. The fourth-order valence-electron chi connectivity index (χ4n) is 4.36. The molecule has 0 amide bonds. The van der Waals surface area contributed by atoms with Crippen LogP contribution in [0.5, 0.6) is 5.75 Å². The molecule has 32 heavy (non-hydrogen) atoms. The van der Waals surface area contributed by atoms with Crippen LogP contribution in [0.4, 0.5) is 5.82 Å². The Hall–Kier alpha value is -2.20. The van der Waals surface area contributed by atoms with Crippen molar-refractivity contribution in [1.29, 1.82) is 0 Å². The van der Waals surface area contributed by atoms with E-state index in [2.05, 4.69) is 43.2 Å². The standard InChI is InChI=1S/C23H28N4O3S2/c28-32(29,19-7-8-21-18(17-19)9-16-30-21)24-10-3-4-11-26-12-14-27(15-13-26)23-20-5-1-2-6-22(20)31-25-23/h1-2,5-8,17,24H,3-4,9-16H2. The molecule has 3 heterocycles. The maximum atomic E-state index is 12.6. The molecule has 0 atom stereocenters. The summed E-state index contributed by atoms with van der Waals surface area (Å²) >= 11 is 1.57. The molecule has 1 fully saturated rings. The first kappa shape index (κ1) is 21.6. The number of fused-ring (bicyclic) bond motifs is 2. The Kier molecular flexibility index (Phi) is 6.32. The second-order valence-electron chi connectivity index (χ2n) is 8.30. The molecule has 1 N–H and O–H groups in total. The van der Waals surface area contributed by atoms with Gasteiger partial charge in [0.05, 0.1) is 16.2 Å². The molecule has 0 saturated carbocycles. The fourth-order valence-corrected chi connectivity index (χ4v) is 6.28. The minimum atomic E-state index is -3.47. The van der Waals surface area contributed by atoms with E-state index in [1.807, 2.05) is 0 Å². The van der Waals surface area contributed by atoms with Crippen LogP contribution in [-0.2, 0) is 16.4 Å². The number of nitrogens with one attached hydrogen (secondary N) is 1. The summed E-state index contributed by atoms with van der Waals surface area (Å²) in [6, 6.07) is 13.5. The highest BCUT2D eigenvalue weighted by Gasteiger charge is 2.21. The van der Waals surface area contributed by atoms with Gasteiger partial charge < -0.3 is 9.64 Å². The highest BCUT2D eigenvalue weighted by atomic mass is 32.2. The molecule has 3 aromatic rings.